The number of hydrogen-bond acceptors (Lipinski definition) is 5. The smallest absolute Gasteiger partial charge is 0.292 e. The summed E-state index contributed by atoms with van der Waals surface area (Å²) >= 11 is 0. The van der Waals surface area contributed by atoms with Crippen LogP contribution in [0.15, 0.2) is 16.8 Å². The molecule has 0 aliphatic carbocycles. The third-order valence-electron chi connectivity index (χ3n) is 2.69. The minimum atomic E-state index is -3.04. The highest BCUT2D eigenvalue weighted by atomic mass is 32.2. The molecule has 1 aromatic rings. The summed E-state index contributed by atoms with van der Waals surface area (Å²) in [5.74, 6) is -0.0467. The lowest BCUT2D eigenvalue weighted by molar-refractivity contribution is 0.0616. The third kappa shape index (κ3) is 1.82. The molecule has 2 rings (SSSR count). The molecule has 1 aliphatic heterocycles. The zero-order valence-corrected chi connectivity index (χ0v) is 9.61. The molecule has 0 unspecified atom stereocenters. The van der Waals surface area contributed by atoms with Crippen LogP contribution in [0.5, 0.6) is 0 Å². The Bertz CT molecular complexity index is 474. The maximum atomic E-state index is 11.6. The summed E-state index contributed by atoms with van der Waals surface area (Å²) in [5, 5.41) is 3.00. The van der Waals surface area contributed by atoms with E-state index in [1.165, 1.54) is 17.2 Å². The Kier molecular flexibility index (Phi) is 2.71. The van der Waals surface area contributed by atoms with Gasteiger partial charge in [0, 0.05) is 24.9 Å². The molecule has 1 fully saturated rings. The molecule has 0 radical (unpaired) electrons. The number of likely N-dealkylation sites (tertiary alicyclic amines) is 1. The van der Waals surface area contributed by atoms with Gasteiger partial charge in [-0.05, 0) is 0 Å². The van der Waals surface area contributed by atoms with Gasteiger partial charge in [0.05, 0.1) is 11.4 Å². The van der Waals surface area contributed by atoms with E-state index in [1.807, 2.05) is 0 Å². The van der Waals surface area contributed by atoms with Crippen molar-refractivity contribution in [3.8, 4) is 0 Å². The quantitative estimate of drug-likeness (QED) is 0.743. The molecule has 0 aromatic carbocycles. The number of amides is 1. The average Bonchev–Trinajstić information content (AvgIpc) is 2.67. The number of carbonyl (C=O) groups is 1. The first kappa shape index (κ1) is 11.1. The van der Waals surface area contributed by atoms with Crippen molar-refractivity contribution in [3.63, 3.8) is 0 Å². The van der Waals surface area contributed by atoms with E-state index in [4.69, 9.17) is 4.52 Å². The van der Waals surface area contributed by atoms with E-state index in [-0.39, 0.29) is 30.5 Å². The maximum Gasteiger partial charge on any atom is 0.292 e. The molecule has 16 heavy (non-hydrogen) atoms. The van der Waals surface area contributed by atoms with Crippen molar-refractivity contribution in [2.24, 2.45) is 0 Å². The van der Waals surface area contributed by atoms with Crippen LogP contribution in [0.4, 0.5) is 0 Å². The summed E-state index contributed by atoms with van der Waals surface area (Å²) < 4.78 is 27.6. The first-order valence-corrected chi connectivity index (χ1v) is 6.67. The van der Waals surface area contributed by atoms with Gasteiger partial charge < -0.3 is 9.42 Å². The standard InChI is InChI=1S/C9H12N2O4S/c1-2-16(13,14)7-5-11(6-7)9(12)8-3-4-10-15-8/h3-4,7H,2,5-6H2,1H3. The van der Waals surface area contributed by atoms with Gasteiger partial charge in [-0.25, -0.2) is 8.42 Å². The van der Waals surface area contributed by atoms with E-state index in [2.05, 4.69) is 5.16 Å². The van der Waals surface area contributed by atoms with Crippen molar-refractivity contribution >= 4 is 15.7 Å². The van der Waals surface area contributed by atoms with Crippen LogP contribution < -0.4 is 0 Å². The second-order valence-corrected chi connectivity index (χ2v) is 6.23. The predicted molar refractivity (Wildman–Crippen MR) is 55.7 cm³/mol. The number of rotatable bonds is 3. The second-order valence-electron chi connectivity index (χ2n) is 3.66. The van der Waals surface area contributed by atoms with Gasteiger partial charge >= 0.3 is 0 Å². The molecule has 0 saturated carbocycles. The van der Waals surface area contributed by atoms with Crippen molar-refractivity contribution in [2.45, 2.75) is 12.2 Å². The third-order valence-corrected chi connectivity index (χ3v) is 4.81. The van der Waals surface area contributed by atoms with Gasteiger partial charge in [0.25, 0.3) is 5.91 Å². The Morgan fingerprint density at radius 1 is 1.62 bits per heavy atom. The van der Waals surface area contributed by atoms with Crippen LogP contribution in [-0.2, 0) is 9.84 Å². The Balaban J connectivity index is 1.97. The largest absolute Gasteiger partial charge is 0.351 e. The Hall–Kier alpha value is -1.37. The first-order valence-electron chi connectivity index (χ1n) is 4.96. The summed E-state index contributed by atoms with van der Waals surface area (Å²) in [4.78, 5) is 13.1. The SMILES string of the molecule is CCS(=O)(=O)C1CN(C(=O)c2ccno2)C1. The van der Waals surface area contributed by atoms with Crippen molar-refractivity contribution in [1.82, 2.24) is 10.1 Å². The Morgan fingerprint density at radius 3 is 2.81 bits per heavy atom. The van der Waals surface area contributed by atoms with E-state index >= 15 is 0 Å². The number of aromatic nitrogens is 1. The topological polar surface area (TPSA) is 80.5 Å². The number of sulfone groups is 1. The monoisotopic (exact) mass is 244 g/mol. The van der Waals surface area contributed by atoms with E-state index in [9.17, 15) is 13.2 Å². The van der Waals surface area contributed by atoms with Gasteiger partial charge in [-0.3, -0.25) is 4.79 Å². The molecular formula is C9H12N2O4S. The van der Waals surface area contributed by atoms with Crippen LogP contribution in [0, 0.1) is 0 Å². The van der Waals surface area contributed by atoms with Crippen LogP contribution in [0.1, 0.15) is 17.5 Å². The highest BCUT2D eigenvalue weighted by Gasteiger charge is 2.39. The molecule has 7 heteroatoms. The zero-order valence-electron chi connectivity index (χ0n) is 8.79. The minimum absolute atomic E-state index is 0.113. The summed E-state index contributed by atoms with van der Waals surface area (Å²) in [5.41, 5.74) is 0. The van der Waals surface area contributed by atoms with E-state index in [1.54, 1.807) is 6.92 Å². The van der Waals surface area contributed by atoms with Gasteiger partial charge in [0.15, 0.2) is 9.84 Å². The van der Waals surface area contributed by atoms with Crippen molar-refractivity contribution in [1.29, 1.82) is 0 Å². The fourth-order valence-electron chi connectivity index (χ4n) is 1.55. The molecule has 6 nitrogen and oxygen atoms in total. The minimum Gasteiger partial charge on any atom is -0.351 e. The van der Waals surface area contributed by atoms with Crippen LogP contribution in [0.2, 0.25) is 0 Å². The van der Waals surface area contributed by atoms with Gasteiger partial charge in [0.2, 0.25) is 5.76 Å². The maximum absolute atomic E-state index is 11.6. The van der Waals surface area contributed by atoms with Crippen LogP contribution in [0.25, 0.3) is 0 Å². The number of carbonyl (C=O) groups excluding carboxylic acids is 1. The number of nitrogens with zero attached hydrogens (tertiary/aromatic N) is 2. The summed E-state index contributed by atoms with van der Waals surface area (Å²) in [7, 11) is -3.04. The van der Waals surface area contributed by atoms with Crippen LogP contribution in [-0.4, -0.2) is 48.5 Å². The van der Waals surface area contributed by atoms with E-state index in [0.717, 1.165) is 0 Å². The van der Waals surface area contributed by atoms with Crippen LogP contribution >= 0.6 is 0 Å². The van der Waals surface area contributed by atoms with Crippen molar-refractivity contribution in [3.05, 3.63) is 18.0 Å². The molecule has 1 aromatic heterocycles. The van der Waals surface area contributed by atoms with Gasteiger partial charge in [-0.1, -0.05) is 12.1 Å². The summed E-state index contributed by atoms with van der Waals surface area (Å²) in [6, 6.07) is 1.46. The van der Waals surface area contributed by atoms with Crippen LogP contribution in [0.3, 0.4) is 0 Å². The van der Waals surface area contributed by atoms with Gasteiger partial charge in [-0.2, -0.15) is 0 Å². The van der Waals surface area contributed by atoms with Crippen molar-refractivity contribution in [2.75, 3.05) is 18.8 Å². The molecule has 1 amide bonds. The lowest BCUT2D eigenvalue weighted by Crippen LogP contribution is -2.57. The average molecular weight is 244 g/mol. The zero-order chi connectivity index (χ0) is 11.8. The summed E-state index contributed by atoms with van der Waals surface area (Å²) in [6.45, 7) is 2.10. The molecule has 2 heterocycles. The molecule has 0 spiro atoms. The fourth-order valence-corrected chi connectivity index (χ4v) is 2.83. The fraction of sp³-hybridized carbons (Fsp3) is 0.556. The highest BCUT2D eigenvalue weighted by molar-refractivity contribution is 7.92. The van der Waals surface area contributed by atoms with E-state index in [0.29, 0.717) is 0 Å². The summed E-state index contributed by atoms with van der Waals surface area (Å²) in [6.07, 6.45) is 1.38. The molecular weight excluding hydrogens is 232 g/mol. The Morgan fingerprint density at radius 2 is 2.31 bits per heavy atom. The number of hydrogen-bond donors (Lipinski definition) is 0. The molecule has 0 N–H and O–H groups in total. The molecule has 1 aliphatic rings. The van der Waals surface area contributed by atoms with E-state index < -0.39 is 15.1 Å². The highest BCUT2D eigenvalue weighted by Crippen LogP contribution is 2.19. The van der Waals surface area contributed by atoms with Gasteiger partial charge in [0.1, 0.15) is 0 Å². The van der Waals surface area contributed by atoms with Crippen molar-refractivity contribution < 1.29 is 17.7 Å². The lowest BCUT2D eigenvalue weighted by atomic mass is 10.2. The normalized spacial score (nSPS) is 17.2. The predicted octanol–water partition coefficient (Wildman–Crippen LogP) is -0.0663. The molecule has 0 atom stereocenters. The molecule has 88 valence electrons. The molecule has 0 bridgehead atoms. The van der Waals surface area contributed by atoms with Gasteiger partial charge in [-0.15, -0.1) is 0 Å². The second kappa shape index (κ2) is 3.89. The lowest BCUT2D eigenvalue weighted by Gasteiger charge is -2.37. The Labute approximate surface area is 93.1 Å². The first-order chi connectivity index (χ1) is 7.54. The molecule has 1 saturated heterocycles.